The highest BCUT2D eigenvalue weighted by atomic mass is 16.6. The van der Waals surface area contributed by atoms with Crippen molar-refractivity contribution in [3.63, 3.8) is 0 Å². The van der Waals surface area contributed by atoms with Crippen molar-refractivity contribution >= 4 is 0 Å². The van der Waals surface area contributed by atoms with E-state index in [0.29, 0.717) is 18.1 Å². The van der Waals surface area contributed by atoms with Gasteiger partial charge in [0.2, 0.25) is 0 Å². The van der Waals surface area contributed by atoms with E-state index in [2.05, 4.69) is 27.7 Å². The molecule has 0 aromatic carbocycles. The lowest BCUT2D eigenvalue weighted by molar-refractivity contribution is 0.157. The van der Waals surface area contributed by atoms with Crippen LogP contribution in [0, 0.1) is 17.8 Å². The van der Waals surface area contributed by atoms with Gasteiger partial charge in [0.1, 0.15) is 0 Å². The summed E-state index contributed by atoms with van der Waals surface area (Å²) in [6.45, 7) is 11.0. The van der Waals surface area contributed by atoms with E-state index in [9.17, 15) is 5.11 Å². The van der Waals surface area contributed by atoms with Gasteiger partial charge in [-0.15, -0.1) is 0 Å². The van der Waals surface area contributed by atoms with Crippen LogP contribution in [-0.4, -0.2) is 23.4 Å². The van der Waals surface area contributed by atoms with E-state index >= 15 is 0 Å². The normalized spacial score (nSPS) is 28.2. The fourth-order valence-corrected chi connectivity index (χ4v) is 3.15. The molecule has 0 spiro atoms. The molecule has 2 heteroatoms. The Hall–Kier alpha value is -0.0800. The monoisotopic (exact) mass is 256 g/mol. The third-order valence-electron chi connectivity index (χ3n) is 4.48. The van der Waals surface area contributed by atoms with E-state index in [-0.39, 0.29) is 6.10 Å². The van der Waals surface area contributed by atoms with E-state index in [1.165, 1.54) is 19.3 Å². The van der Waals surface area contributed by atoms with Gasteiger partial charge in [-0.05, 0) is 43.9 Å². The van der Waals surface area contributed by atoms with Gasteiger partial charge >= 0.3 is 0 Å². The van der Waals surface area contributed by atoms with Crippen molar-refractivity contribution in [3.05, 3.63) is 0 Å². The summed E-state index contributed by atoms with van der Waals surface area (Å²) in [5, 5.41) is 9.44. The second-order valence-electron chi connectivity index (χ2n) is 6.38. The fraction of sp³-hybridized carbons (Fsp3) is 1.00. The molecule has 5 unspecified atom stereocenters. The van der Waals surface area contributed by atoms with Gasteiger partial charge in [-0.3, -0.25) is 0 Å². The maximum Gasteiger partial charge on any atom is 0.0864 e. The van der Waals surface area contributed by atoms with Crippen LogP contribution in [0.5, 0.6) is 0 Å². The molecule has 1 aliphatic rings. The lowest BCUT2D eigenvalue weighted by atomic mass is 9.80. The maximum absolute atomic E-state index is 9.44. The van der Waals surface area contributed by atoms with E-state index in [0.717, 1.165) is 24.7 Å². The highest BCUT2D eigenvalue weighted by Crippen LogP contribution is 2.38. The van der Waals surface area contributed by atoms with Crippen molar-refractivity contribution in [1.82, 2.24) is 0 Å². The van der Waals surface area contributed by atoms with Crippen molar-refractivity contribution < 1.29 is 9.84 Å². The van der Waals surface area contributed by atoms with Crippen molar-refractivity contribution in [2.24, 2.45) is 17.8 Å². The number of epoxide rings is 1. The first kappa shape index (κ1) is 16.0. The third kappa shape index (κ3) is 4.89. The zero-order chi connectivity index (χ0) is 13.7. The number of hydrogen-bond donors (Lipinski definition) is 1. The maximum atomic E-state index is 9.44. The molecule has 1 heterocycles. The van der Waals surface area contributed by atoms with Crippen LogP contribution in [-0.2, 0) is 4.74 Å². The zero-order valence-corrected chi connectivity index (χ0v) is 12.9. The number of rotatable bonds is 9. The minimum atomic E-state index is -0.155. The molecule has 1 fully saturated rings. The van der Waals surface area contributed by atoms with Gasteiger partial charge < -0.3 is 9.84 Å². The summed E-state index contributed by atoms with van der Waals surface area (Å²) in [4.78, 5) is 0. The molecule has 18 heavy (non-hydrogen) atoms. The second-order valence-corrected chi connectivity index (χ2v) is 6.38. The average Bonchev–Trinajstić information content (AvgIpc) is 3.07. The molecule has 5 atom stereocenters. The van der Waals surface area contributed by atoms with E-state index < -0.39 is 0 Å². The average molecular weight is 256 g/mol. The molecule has 0 radical (unpaired) electrons. The Morgan fingerprint density at radius 1 is 1.00 bits per heavy atom. The Kier molecular flexibility index (Phi) is 6.65. The summed E-state index contributed by atoms with van der Waals surface area (Å²) >= 11 is 0. The van der Waals surface area contributed by atoms with Gasteiger partial charge in [0, 0.05) is 0 Å². The van der Waals surface area contributed by atoms with Gasteiger partial charge in [-0.1, -0.05) is 40.5 Å². The molecule has 0 saturated carbocycles. The van der Waals surface area contributed by atoms with Crippen LogP contribution in [0.25, 0.3) is 0 Å². The predicted molar refractivity (Wildman–Crippen MR) is 76.6 cm³/mol. The number of hydrogen-bond acceptors (Lipinski definition) is 2. The molecule has 1 N–H and O–H groups in total. The molecule has 2 nitrogen and oxygen atoms in total. The molecule has 0 aromatic rings. The molecule has 1 aliphatic heterocycles. The largest absolute Gasteiger partial charge is 0.393 e. The van der Waals surface area contributed by atoms with Crippen molar-refractivity contribution in [2.45, 2.75) is 85.0 Å². The van der Waals surface area contributed by atoms with E-state index in [1.54, 1.807) is 0 Å². The molecular formula is C16H32O2. The summed E-state index contributed by atoms with van der Waals surface area (Å²) in [6.07, 6.45) is 6.64. The minimum absolute atomic E-state index is 0.155. The number of aliphatic hydroxyl groups excluding tert-OH is 1. The smallest absolute Gasteiger partial charge is 0.0864 e. The summed E-state index contributed by atoms with van der Waals surface area (Å²) in [5.41, 5.74) is 0. The Morgan fingerprint density at radius 2 is 1.61 bits per heavy atom. The van der Waals surface area contributed by atoms with Gasteiger partial charge in [0.25, 0.3) is 0 Å². The van der Waals surface area contributed by atoms with Crippen molar-refractivity contribution in [1.29, 1.82) is 0 Å². The number of ether oxygens (including phenoxy) is 1. The zero-order valence-electron chi connectivity index (χ0n) is 12.9. The highest BCUT2D eigenvalue weighted by Gasteiger charge is 2.42. The highest BCUT2D eigenvalue weighted by molar-refractivity contribution is 4.89. The molecular weight excluding hydrogens is 224 g/mol. The van der Waals surface area contributed by atoms with Gasteiger partial charge in [-0.2, -0.15) is 0 Å². The van der Waals surface area contributed by atoms with E-state index in [4.69, 9.17) is 4.74 Å². The topological polar surface area (TPSA) is 32.8 Å². The molecule has 0 aromatic heterocycles. The minimum Gasteiger partial charge on any atom is -0.393 e. The molecule has 0 bridgehead atoms. The van der Waals surface area contributed by atoms with Gasteiger partial charge in [-0.25, -0.2) is 0 Å². The third-order valence-corrected chi connectivity index (χ3v) is 4.48. The first-order chi connectivity index (χ1) is 8.49. The summed E-state index contributed by atoms with van der Waals surface area (Å²) in [5.74, 6) is 2.18. The Balaban J connectivity index is 2.38. The molecule has 0 aliphatic carbocycles. The lowest BCUT2D eigenvalue weighted by Crippen LogP contribution is -2.18. The number of aliphatic hydroxyl groups is 1. The van der Waals surface area contributed by atoms with Gasteiger partial charge in [0.15, 0.2) is 0 Å². The van der Waals surface area contributed by atoms with Crippen LogP contribution in [0.1, 0.15) is 66.7 Å². The van der Waals surface area contributed by atoms with Crippen LogP contribution in [0.15, 0.2) is 0 Å². The lowest BCUT2D eigenvalue weighted by Gasteiger charge is -2.25. The standard InChI is InChI=1S/C16H32O2/c1-6-13(9-8-12(5)17)14(7-2)10-15-16(18-15)11(3)4/h11-17H,6-10H2,1-5H3. The van der Waals surface area contributed by atoms with Crippen LogP contribution in [0.3, 0.4) is 0 Å². The summed E-state index contributed by atoms with van der Waals surface area (Å²) < 4.78 is 5.78. The first-order valence-electron chi connectivity index (χ1n) is 7.83. The van der Waals surface area contributed by atoms with E-state index in [1.807, 2.05) is 6.92 Å². The second kappa shape index (κ2) is 7.49. The van der Waals surface area contributed by atoms with Crippen LogP contribution >= 0.6 is 0 Å². The Morgan fingerprint density at radius 3 is 2.00 bits per heavy atom. The quantitative estimate of drug-likeness (QED) is 0.632. The fourth-order valence-electron chi connectivity index (χ4n) is 3.15. The first-order valence-corrected chi connectivity index (χ1v) is 7.83. The summed E-state index contributed by atoms with van der Waals surface area (Å²) in [6, 6.07) is 0. The van der Waals surface area contributed by atoms with Crippen LogP contribution in [0.2, 0.25) is 0 Å². The molecule has 1 rings (SSSR count). The molecule has 108 valence electrons. The summed E-state index contributed by atoms with van der Waals surface area (Å²) in [7, 11) is 0. The van der Waals surface area contributed by atoms with Crippen LogP contribution in [0.4, 0.5) is 0 Å². The molecule has 1 saturated heterocycles. The SMILES string of the molecule is CCC(CCC(C)O)C(CC)CC1OC1C(C)C. The van der Waals surface area contributed by atoms with Gasteiger partial charge in [0.05, 0.1) is 18.3 Å². The molecule has 0 amide bonds. The Bertz CT molecular complexity index is 225. The predicted octanol–water partition coefficient (Wildman–Crippen LogP) is 4.01. The van der Waals surface area contributed by atoms with Crippen LogP contribution < -0.4 is 0 Å². The Labute approximate surface area is 113 Å². The van der Waals surface area contributed by atoms with Crippen molar-refractivity contribution in [3.8, 4) is 0 Å². The van der Waals surface area contributed by atoms with Crippen molar-refractivity contribution in [2.75, 3.05) is 0 Å².